The lowest BCUT2D eigenvalue weighted by molar-refractivity contribution is 0.402. The Balaban J connectivity index is 1.43. The first-order chi connectivity index (χ1) is 14.5. The largest absolute Gasteiger partial charge is 0.355 e. The maximum Gasteiger partial charge on any atom is 0.255 e. The Labute approximate surface area is 181 Å². The van der Waals surface area contributed by atoms with Gasteiger partial charge in [-0.2, -0.15) is 11.8 Å². The van der Waals surface area contributed by atoms with Gasteiger partial charge in [-0.05, 0) is 50.3 Å². The molecule has 0 spiro atoms. The maximum atomic E-state index is 12.3. The first-order valence-electron chi connectivity index (χ1n) is 9.89. The van der Waals surface area contributed by atoms with Gasteiger partial charge in [0.15, 0.2) is 0 Å². The molecule has 3 aromatic heterocycles. The molecule has 0 atom stereocenters. The molecule has 0 saturated heterocycles. The zero-order chi connectivity index (χ0) is 21.3. The number of hydrogen-bond donors (Lipinski definition) is 2. The standard InChI is InChI=1S/C22H28N6OS/c1-16-4-5-17(12-25-16)10-19-13-26-22(27-21(19)29)24-8-9-30-15-20-11-18(6-7-23-20)14-28(2)3/h4-7,11-13H,8-10,14-15H2,1-3H3,(H2,24,26,27,29). The van der Waals surface area contributed by atoms with Crippen molar-refractivity contribution in [3.05, 3.63) is 81.3 Å². The number of nitrogens with zero attached hydrogens (tertiary/aromatic N) is 4. The fourth-order valence-electron chi connectivity index (χ4n) is 2.95. The van der Waals surface area contributed by atoms with Crippen LogP contribution in [0.2, 0.25) is 0 Å². The molecule has 2 N–H and O–H groups in total. The van der Waals surface area contributed by atoms with Gasteiger partial charge in [0.25, 0.3) is 5.56 Å². The van der Waals surface area contributed by atoms with E-state index < -0.39 is 0 Å². The van der Waals surface area contributed by atoms with Crippen LogP contribution in [0.15, 0.2) is 47.7 Å². The number of pyridine rings is 2. The van der Waals surface area contributed by atoms with E-state index in [1.165, 1.54) is 5.56 Å². The van der Waals surface area contributed by atoms with Crippen LogP contribution in [0.1, 0.15) is 28.1 Å². The molecule has 0 bridgehead atoms. The zero-order valence-electron chi connectivity index (χ0n) is 17.7. The van der Waals surface area contributed by atoms with Crippen LogP contribution in [0.4, 0.5) is 5.95 Å². The number of nitrogens with one attached hydrogen (secondary N) is 2. The highest BCUT2D eigenvalue weighted by Gasteiger charge is 2.05. The van der Waals surface area contributed by atoms with E-state index in [0.29, 0.717) is 24.5 Å². The summed E-state index contributed by atoms with van der Waals surface area (Å²) < 4.78 is 0. The van der Waals surface area contributed by atoms with Crippen molar-refractivity contribution in [3.63, 3.8) is 0 Å². The van der Waals surface area contributed by atoms with E-state index >= 15 is 0 Å². The van der Waals surface area contributed by atoms with E-state index in [1.54, 1.807) is 24.2 Å². The third-order valence-corrected chi connectivity index (χ3v) is 5.40. The molecule has 158 valence electrons. The highest BCUT2D eigenvalue weighted by atomic mass is 32.2. The monoisotopic (exact) mass is 424 g/mol. The molecule has 0 aromatic carbocycles. The van der Waals surface area contributed by atoms with Crippen LogP contribution in [0, 0.1) is 6.92 Å². The first kappa shape index (κ1) is 22.0. The summed E-state index contributed by atoms with van der Waals surface area (Å²) in [6.45, 7) is 3.57. The second-order valence-electron chi connectivity index (χ2n) is 7.44. The Kier molecular flexibility index (Phi) is 7.98. The summed E-state index contributed by atoms with van der Waals surface area (Å²) in [6, 6.07) is 8.13. The van der Waals surface area contributed by atoms with Gasteiger partial charge in [0.05, 0.1) is 5.69 Å². The normalized spacial score (nSPS) is 11.1. The van der Waals surface area contributed by atoms with Gasteiger partial charge in [-0.15, -0.1) is 0 Å². The number of aromatic nitrogens is 4. The van der Waals surface area contributed by atoms with E-state index in [9.17, 15) is 4.79 Å². The van der Waals surface area contributed by atoms with E-state index in [2.05, 4.69) is 56.4 Å². The molecule has 7 nitrogen and oxygen atoms in total. The number of aryl methyl sites for hydroxylation is 1. The number of anilines is 1. The lowest BCUT2D eigenvalue weighted by Crippen LogP contribution is -2.18. The van der Waals surface area contributed by atoms with Gasteiger partial charge in [0.2, 0.25) is 5.95 Å². The molecule has 0 aliphatic carbocycles. The topological polar surface area (TPSA) is 86.8 Å². The van der Waals surface area contributed by atoms with E-state index in [4.69, 9.17) is 0 Å². The average molecular weight is 425 g/mol. The second kappa shape index (κ2) is 10.9. The van der Waals surface area contributed by atoms with Crippen molar-refractivity contribution in [1.29, 1.82) is 0 Å². The number of H-pyrrole nitrogens is 1. The summed E-state index contributed by atoms with van der Waals surface area (Å²) in [5.41, 5.74) is 4.81. The predicted molar refractivity (Wildman–Crippen MR) is 123 cm³/mol. The van der Waals surface area contributed by atoms with Crippen molar-refractivity contribution in [2.45, 2.75) is 25.6 Å². The van der Waals surface area contributed by atoms with Crippen molar-refractivity contribution in [1.82, 2.24) is 24.8 Å². The van der Waals surface area contributed by atoms with Crippen molar-refractivity contribution < 1.29 is 0 Å². The van der Waals surface area contributed by atoms with Gasteiger partial charge in [-0.25, -0.2) is 4.98 Å². The van der Waals surface area contributed by atoms with Crippen LogP contribution in [-0.4, -0.2) is 51.2 Å². The Morgan fingerprint density at radius 2 is 1.97 bits per heavy atom. The molecular weight excluding hydrogens is 396 g/mol. The lowest BCUT2D eigenvalue weighted by atomic mass is 10.1. The molecule has 3 rings (SSSR count). The van der Waals surface area contributed by atoms with Crippen molar-refractivity contribution >= 4 is 17.7 Å². The average Bonchev–Trinajstić information content (AvgIpc) is 2.71. The second-order valence-corrected chi connectivity index (χ2v) is 8.55. The number of aromatic amines is 1. The summed E-state index contributed by atoms with van der Waals surface area (Å²) in [7, 11) is 4.12. The third kappa shape index (κ3) is 6.96. The highest BCUT2D eigenvalue weighted by molar-refractivity contribution is 7.98. The number of thioether (sulfide) groups is 1. The van der Waals surface area contributed by atoms with Gasteiger partial charge in [-0.3, -0.25) is 19.7 Å². The van der Waals surface area contributed by atoms with E-state index in [1.807, 2.05) is 25.3 Å². The highest BCUT2D eigenvalue weighted by Crippen LogP contribution is 2.12. The van der Waals surface area contributed by atoms with Gasteiger partial charge in [0.1, 0.15) is 0 Å². The molecule has 0 aliphatic rings. The van der Waals surface area contributed by atoms with Crippen LogP contribution in [0.3, 0.4) is 0 Å². The van der Waals surface area contributed by atoms with Crippen LogP contribution in [0.25, 0.3) is 0 Å². The predicted octanol–water partition coefficient (Wildman–Crippen LogP) is 2.87. The number of hydrogen-bond acceptors (Lipinski definition) is 7. The van der Waals surface area contributed by atoms with Gasteiger partial charge < -0.3 is 10.2 Å². The van der Waals surface area contributed by atoms with Crippen LogP contribution >= 0.6 is 11.8 Å². The van der Waals surface area contributed by atoms with Crippen molar-refractivity contribution in [3.8, 4) is 0 Å². The fourth-order valence-corrected chi connectivity index (χ4v) is 3.71. The van der Waals surface area contributed by atoms with Crippen molar-refractivity contribution in [2.24, 2.45) is 0 Å². The molecule has 0 unspecified atom stereocenters. The molecule has 3 heterocycles. The van der Waals surface area contributed by atoms with Crippen LogP contribution in [0.5, 0.6) is 0 Å². The molecule has 0 radical (unpaired) electrons. The summed E-state index contributed by atoms with van der Waals surface area (Å²) in [5, 5.41) is 3.18. The SMILES string of the molecule is Cc1ccc(Cc2cnc(NCCSCc3cc(CN(C)C)ccn3)[nH]c2=O)cn1. The molecule has 3 aromatic rings. The molecule has 0 saturated carbocycles. The molecule has 0 amide bonds. The summed E-state index contributed by atoms with van der Waals surface area (Å²) in [6.07, 6.45) is 5.82. The minimum Gasteiger partial charge on any atom is -0.355 e. The summed E-state index contributed by atoms with van der Waals surface area (Å²) in [4.78, 5) is 30.3. The molecule has 8 heteroatoms. The maximum absolute atomic E-state index is 12.3. The Morgan fingerprint density at radius 3 is 2.70 bits per heavy atom. The van der Waals surface area contributed by atoms with Gasteiger partial charge in [0, 0.05) is 60.9 Å². The fraction of sp³-hybridized carbons (Fsp3) is 0.364. The molecular formula is C22H28N6OS. The lowest BCUT2D eigenvalue weighted by Gasteiger charge is -2.10. The van der Waals surface area contributed by atoms with Crippen molar-refractivity contribution in [2.75, 3.05) is 31.7 Å². The number of rotatable bonds is 10. The van der Waals surface area contributed by atoms with Gasteiger partial charge >= 0.3 is 0 Å². The first-order valence-corrected chi connectivity index (χ1v) is 11.0. The zero-order valence-corrected chi connectivity index (χ0v) is 18.5. The minimum atomic E-state index is -0.123. The summed E-state index contributed by atoms with van der Waals surface area (Å²) >= 11 is 1.80. The van der Waals surface area contributed by atoms with Crippen LogP contribution < -0.4 is 10.9 Å². The smallest absolute Gasteiger partial charge is 0.255 e. The third-order valence-electron chi connectivity index (χ3n) is 4.41. The van der Waals surface area contributed by atoms with Gasteiger partial charge in [-0.1, -0.05) is 6.07 Å². The molecule has 30 heavy (non-hydrogen) atoms. The summed E-state index contributed by atoms with van der Waals surface area (Å²) in [5.74, 6) is 2.24. The van der Waals surface area contributed by atoms with E-state index in [0.717, 1.165) is 35.0 Å². The minimum absolute atomic E-state index is 0.123. The Hall–Kier alpha value is -2.71. The Morgan fingerprint density at radius 1 is 1.10 bits per heavy atom. The quantitative estimate of drug-likeness (QED) is 0.484. The van der Waals surface area contributed by atoms with Crippen LogP contribution in [-0.2, 0) is 18.7 Å². The molecule has 0 aliphatic heterocycles. The Bertz CT molecular complexity index is 1000. The molecule has 0 fully saturated rings. The van der Waals surface area contributed by atoms with E-state index in [-0.39, 0.29) is 5.56 Å².